The van der Waals surface area contributed by atoms with E-state index in [0.29, 0.717) is 17.9 Å². The maximum atomic E-state index is 12.2. The number of amides is 1. The van der Waals surface area contributed by atoms with Gasteiger partial charge in [-0.1, -0.05) is 0 Å². The van der Waals surface area contributed by atoms with Gasteiger partial charge in [0.1, 0.15) is 0 Å². The first-order chi connectivity index (χ1) is 9.04. The number of thioether (sulfide) groups is 1. The van der Waals surface area contributed by atoms with E-state index >= 15 is 0 Å². The van der Waals surface area contributed by atoms with E-state index in [-0.39, 0.29) is 10.7 Å². The van der Waals surface area contributed by atoms with Crippen molar-refractivity contribution in [3.05, 3.63) is 22.3 Å². The van der Waals surface area contributed by atoms with Crippen molar-refractivity contribution in [3.8, 4) is 0 Å². The number of nitrogens with zero attached hydrogens (tertiary/aromatic N) is 1. The highest BCUT2D eigenvalue weighted by molar-refractivity contribution is 9.10. The zero-order chi connectivity index (χ0) is 13.9. The van der Waals surface area contributed by atoms with Crippen molar-refractivity contribution >= 4 is 39.4 Å². The van der Waals surface area contributed by atoms with E-state index < -0.39 is 0 Å². The molecule has 1 fully saturated rings. The topological polar surface area (TPSA) is 80.0 Å². The van der Waals surface area contributed by atoms with E-state index in [4.69, 9.17) is 5.84 Å². The summed E-state index contributed by atoms with van der Waals surface area (Å²) in [6.07, 6.45) is 3.95. The van der Waals surface area contributed by atoms with Crippen LogP contribution in [0.5, 0.6) is 0 Å². The number of halogens is 1. The lowest BCUT2D eigenvalue weighted by Gasteiger charge is -2.23. The largest absolute Gasteiger partial charge is 0.351 e. The molecule has 1 unspecified atom stereocenters. The molecule has 7 heteroatoms. The van der Waals surface area contributed by atoms with E-state index in [0.717, 1.165) is 10.9 Å². The van der Waals surface area contributed by atoms with Crippen LogP contribution >= 0.6 is 27.7 Å². The van der Waals surface area contributed by atoms with Crippen LogP contribution in [-0.2, 0) is 0 Å². The molecular formula is C12H17BrN4OS. The van der Waals surface area contributed by atoms with Crippen LogP contribution in [0.15, 0.2) is 16.7 Å². The lowest BCUT2D eigenvalue weighted by molar-refractivity contribution is 0.0950. The van der Waals surface area contributed by atoms with Crippen LogP contribution in [0.3, 0.4) is 0 Å². The molecule has 0 bridgehead atoms. The van der Waals surface area contributed by atoms with Crippen molar-refractivity contribution < 1.29 is 4.79 Å². The lowest BCUT2D eigenvalue weighted by atomic mass is 10.1. The molecule has 1 amide bonds. The molecule has 1 aliphatic rings. The van der Waals surface area contributed by atoms with Crippen molar-refractivity contribution in [1.29, 1.82) is 0 Å². The van der Waals surface area contributed by atoms with Crippen molar-refractivity contribution in [2.45, 2.75) is 24.5 Å². The lowest BCUT2D eigenvalue weighted by Crippen LogP contribution is -2.37. The molecule has 4 N–H and O–H groups in total. The van der Waals surface area contributed by atoms with Crippen LogP contribution < -0.4 is 16.6 Å². The summed E-state index contributed by atoms with van der Waals surface area (Å²) in [6.45, 7) is 2.85. The van der Waals surface area contributed by atoms with Crippen LogP contribution in [0.2, 0.25) is 0 Å². The molecule has 1 atom stereocenters. The molecule has 0 saturated carbocycles. The summed E-state index contributed by atoms with van der Waals surface area (Å²) in [4.78, 5) is 16.3. The molecule has 19 heavy (non-hydrogen) atoms. The molecule has 0 aliphatic carbocycles. The molecule has 0 aromatic carbocycles. The number of nitrogens with two attached hydrogens (primary N) is 1. The van der Waals surface area contributed by atoms with Crippen molar-refractivity contribution in [2.24, 2.45) is 5.84 Å². The third-order valence-electron chi connectivity index (χ3n) is 3.16. The summed E-state index contributed by atoms with van der Waals surface area (Å²) in [5.41, 5.74) is 2.89. The normalized spacial score (nSPS) is 22.3. The monoisotopic (exact) mass is 344 g/mol. The molecule has 0 radical (unpaired) electrons. The highest BCUT2D eigenvalue weighted by Gasteiger charge is 2.30. The molecule has 1 aliphatic heterocycles. The van der Waals surface area contributed by atoms with Crippen molar-refractivity contribution in [1.82, 2.24) is 10.3 Å². The summed E-state index contributed by atoms with van der Waals surface area (Å²) in [5.74, 6) is 6.76. The van der Waals surface area contributed by atoms with Crippen molar-refractivity contribution in [3.63, 3.8) is 0 Å². The van der Waals surface area contributed by atoms with Gasteiger partial charge >= 0.3 is 0 Å². The zero-order valence-electron chi connectivity index (χ0n) is 10.7. The molecule has 5 nitrogen and oxygen atoms in total. The molecule has 2 rings (SSSR count). The van der Waals surface area contributed by atoms with Gasteiger partial charge in [0.15, 0.2) is 5.82 Å². The molecule has 104 valence electrons. The predicted octanol–water partition coefficient (Wildman–Crippen LogP) is 2.15. The maximum absolute atomic E-state index is 12.2. The number of hydrazine groups is 1. The predicted molar refractivity (Wildman–Crippen MR) is 82.2 cm³/mol. The Morgan fingerprint density at radius 1 is 1.68 bits per heavy atom. The van der Waals surface area contributed by atoms with E-state index in [9.17, 15) is 4.79 Å². The van der Waals surface area contributed by atoms with E-state index in [1.165, 1.54) is 12.2 Å². The van der Waals surface area contributed by atoms with Gasteiger partial charge in [-0.05, 0) is 47.5 Å². The summed E-state index contributed by atoms with van der Waals surface area (Å²) in [6, 6.07) is 1.71. The molecule has 2 heterocycles. The minimum absolute atomic E-state index is 0.144. The van der Waals surface area contributed by atoms with Gasteiger partial charge in [-0.15, -0.1) is 0 Å². The van der Waals surface area contributed by atoms with E-state index in [2.05, 4.69) is 38.6 Å². The Morgan fingerprint density at radius 3 is 3.11 bits per heavy atom. The SMILES string of the molecule is CC1(CNC(=O)c2cc(Br)cnc2NN)CCCS1. The van der Waals surface area contributed by atoms with E-state index in [1.54, 1.807) is 12.3 Å². The molecule has 1 aromatic heterocycles. The highest BCUT2D eigenvalue weighted by atomic mass is 79.9. The first-order valence-electron chi connectivity index (χ1n) is 6.08. The Labute approximate surface area is 125 Å². The van der Waals surface area contributed by atoms with Gasteiger partial charge in [0, 0.05) is 22.0 Å². The minimum atomic E-state index is -0.157. The van der Waals surface area contributed by atoms with Crippen LogP contribution in [0, 0.1) is 0 Å². The second kappa shape index (κ2) is 6.11. The maximum Gasteiger partial charge on any atom is 0.255 e. The number of carbonyl (C=O) groups is 1. The number of hydrogen-bond donors (Lipinski definition) is 3. The van der Waals surface area contributed by atoms with E-state index in [1.807, 2.05) is 11.8 Å². The van der Waals surface area contributed by atoms with Crippen LogP contribution in [0.1, 0.15) is 30.1 Å². The zero-order valence-corrected chi connectivity index (χ0v) is 13.1. The Kier molecular flexibility index (Phi) is 4.70. The number of nitrogen functional groups attached to an aromatic ring is 1. The Bertz CT molecular complexity index is 477. The highest BCUT2D eigenvalue weighted by Crippen LogP contribution is 2.37. The number of pyridine rings is 1. The van der Waals surface area contributed by atoms with Gasteiger partial charge in [-0.25, -0.2) is 10.8 Å². The first kappa shape index (κ1) is 14.6. The number of hydrogen-bond acceptors (Lipinski definition) is 5. The fourth-order valence-corrected chi connectivity index (χ4v) is 3.64. The summed E-state index contributed by atoms with van der Waals surface area (Å²) in [5, 5.41) is 2.97. The van der Waals surface area contributed by atoms with Gasteiger partial charge in [-0.3, -0.25) is 4.79 Å². The van der Waals surface area contributed by atoms with Gasteiger partial charge in [0.2, 0.25) is 0 Å². The van der Waals surface area contributed by atoms with Crippen LogP contribution in [-0.4, -0.2) is 27.9 Å². The summed E-state index contributed by atoms with van der Waals surface area (Å²) < 4.78 is 0.892. The third kappa shape index (κ3) is 3.61. The van der Waals surface area contributed by atoms with Crippen molar-refractivity contribution in [2.75, 3.05) is 17.7 Å². The smallest absolute Gasteiger partial charge is 0.255 e. The Balaban J connectivity index is 2.05. The Hall–Kier alpha value is -0.790. The summed E-state index contributed by atoms with van der Waals surface area (Å²) >= 11 is 5.22. The fourth-order valence-electron chi connectivity index (χ4n) is 2.07. The number of nitrogens with one attached hydrogen (secondary N) is 2. The molecule has 1 saturated heterocycles. The van der Waals surface area contributed by atoms with Gasteiger partial charge in [0.25, 0.3) is 5.91 Å². The second-order valence-electron chi connectivity index (χ2n) is 4.78. The Morgan fingerprint density at radius 2 is 2.47 bits per heavy atom. The average Bonchev–Trinajstić information content (AvgIpc) is 2.83. The number of carbonyl (C=O) groups excluding carboxylic acids is 1. The fraction of sp³-hybridized carbons (Fsp3) is 0.500. The molecule has 0 spiro atoms. The molecular weight excluding hydrogens is 328 g/mol. The van der Waals surface area contributed by atoms with Gasteiger partial charge in [0.05, 0.1) is 5.56 Å². The number of aromatic nitrogens is 1. The van der Waals surface area contributed by atoms with Crippen LogP contribution in [0.25, 0.3) is 0 Å². The number of rotatable bonds is 4. The van der Waals surface area contributed by atoms with Gasteiger partial charge < -0.3 is 10.7 Å². The second-order valence-corrected chi connectivity index (χ2v) is 7.38. The molecule has 1 aromatic rings. The third-order valence-corrected chi connectivity index (χ3v) is 5.13. The summed E-state index contributed by atoms with van der Waals surface area (Å²) in [7, 11) is 0. The average molecular weight is 345 g/mol. The van der Waals surface area contributed by atoms with Crippen LogP contribution in [0.4, 0.5) is 5.82 Å². The quantitative estimate of drug-likeness (QED) is 0.576. The first-order valence-corrected chi connectivity index (χ1v) is 7.86. The minimum Gasteiger partial charge on any atom is -0.351 e. The van der Waals surface area contributed by atoms with Gasteiger partial charge in [-0.2, -0.15) is 11.8 Å². The number of anilines is 1. The standard InChI is InChI=1S/C12H17BrN4OS/c1-12(3-2-4-19-12)7-16-11(18)9-5-8(13)6-15-10(9)17-14/h5-6H,2-4,7,14H2,1H3,(H,15,17)(H,16,18).